The topological polar surface area (TPSA) is 110 Å². The van der Waals surface area contributed by atoms with Crippen LogP contribution in [0.5, 0.6) is 5.88 Å². The van der Waals surface area contributed by atoms with Crippen LogP contribution in [0.3, 0.4) is 0 Å². The second-order valence-corrected chi connectivity index (χ2v) is 8.76. The van der Waals surface area contributed by atoms with E-state index in [-0.39, 0.29) is 44.5 Å². The molecule has 23 heavy (non-hydrogen) atoms. The Hall–Kier alpha value is -1.33. The zero-order valence-corrected chi connectivity index (χ0v) is 14.3. The van der Waals surface area contributed by atoms with Crippen molar-refractivity contribution in [3.63, 3.8) is 0 Å². The molecule has 0 saturated carbocycles. The average Bonchev–Trinajstić information content (AvgIpc) is 3.03. The number of rotatable bonds is 3. The van der Waals surface area contributed by atoms with Gasteiger partial charge in [-0.3, -0.25) is 0 Å². The molecule has 12 heteroatoms. The Morgan fingerprint density at radius 1 is 1.48 bits per heavy atom. The minimum Gasteiger partial charge on any atom is -0.449 e. The van der Waals surface area contributed by atoms with Crippen molar-refractivity contribution in [2.24, 2.45) is 0 Å². The zero-order valence-electron chi connectivity index (χ0n) is 11.2. The maximum atomic E-state index is 12.6. The van der Waals surface area contributed by atoms with Crippen molar-refractivity contribution in [2.75, 3.05) is 6.54 Å². The number of aromatic nitrogens is 1. The predicted molar refractivity (Wildman–Crippen MR) is 80.8 cm³/mol. The lowest BCUT2D eigenvalue weighted by atomic mass is 10.1. The number of thiophene rings is 1. The van der Waals surface area contributed by atoms with E-state index in [4.69, 9.17) is 32.8 Å². The third kappa shape index (κ3) is 3.04. The Labute approximate surface area is 144 Å². The summed E-state index contributed by atoms with van der Waals surface area (Å²) in [5, 5.41) is 12.3. The molecule has 1 aliphatic rings. The SMILES string of the molecule is O=C(O)Oc1noc2c1CN(S(=O)(=O)c1cc(Cl)c(Cl)s1)CC2. The molecule has 1 N–H and O–H groups in total. The fourth-order valence-corrected chi connectivity index (χ4v) is 5.55. The van der Waals surface area contributed by atoms with Gasteiger partial charge in [0, 0.05) is 19.5 Å². The molecule has 0 spiro atoms. The molecule has 124 valence electrons. The molecule has 0 radical (unpaired) electrons. The van der Waals surface area contributed by atoms with E-state index in [0.29, 0.717) is 5.76 Å². The third-order valence-electron chi connectivity index (χ3n) is 3.16. The van der Waals surface area contributed by atoms with E-state index in [1.807, 2.05) is 0 Å². The molecule has 2 aromatic heterocycles. The van der Waals surface area contributed by atoms with Crippen molar-refractivity contribution in [1.29, 1.82) is 0 Å². The molecule has 0 aromatic carbocycles. The summed E-state index contributed by atoms with van der Waals surface area (Å²) >= 11 is 12.5. The van der Waals surface area contributed by atoms with Crippen molar-refractivity contribution in [3.05, 3.63) is 26.7 Å². The van der Waals surface area contributed by atoms with Crippen LogP contribution in [0, 0.1) is 0 Å². The Morgan fingerprint density at radius 2 is 2.22 bits per heavy atom. The Balaban J connectivity index is 1.91. The predicted octanol–water partition coefficient (Wildman–Crippen LogP) is 2.85. The van der Waals surface area contributed by atoms with Crippen LogP contribution in [0.15, 0.2) is 14.8 Å². The van der Waals surface area contributed by atoms with Crippen LogP contribution in [-0.4, -0.2) is 35.7 Å². The molecule has 0 amide bonds. The monoisotopic (exact) mass is 398 g/mol. The highest BCUT2D eigenvalue weighted by Gasteiger charge is 2.34. The average molecular weight is 399 g/mol. The lowest BCUT2D eigenvalue weighted by molar-refractivity contribution is 0.140. The highest BCUT2D eigenvalue weighted by Crippen LogP contribution is 2.37. The Bertz CT molecular complexity index is 856. The maximum Gasteiger partial charge on any atom is 0.512 e. The molecule has 0 atom stereocenters. The molecule has 3 heterocycles. The Kier molecular flexibility index (Phi) is 4.27. The molecular weight excluding hydrogens is 391 g/mol. The second-order valence-electron chi connectivity index (χ2n) is 4.53. The second kappa shape index (κ2) is 5.95. The van der Waals surface area contributed by atoms with Gasteiger partial charge in [0.05, 0.1) is 10.6 Å². The van der Waals surface area contributed by atoms with Crippen LogP contribution >= 0.6 is 34.5 Å². The minimum absolute atomic E-state index is 0.00751. The molecule has 8 nitrogen and oxygen atoms in total. The lowest BCUT2D eigenvalue weighted by Crippen LogP contribution is -2.35. The lowest BCUT2D eigenvalue weighted by Gasteiger charge is -2.24. The van der Waals surface area contributed by atoms with Crippen LogP contribution in [0.4, 0.5) is 4.79 Å². The van der Waals surface area contributed by atoms with Crippen molar-refractivity contribution in [1.82, 2.24) is 9.46 Å². The number of halogens is 2. The van der Waals surface area contributed by atoms with Gasteiger partial charge in [-0.25, -0.2) is 13.2 Å². The smallest absolute Gasteiger partial charge is 0.449 e. The molecule has 0 bridgehead atoms. The van der Waals surface area contributed by atoms with Crippen molar-refractivity contribution >= 4 is 50.7 Å². The van der Waals surface area contributed by atoms with E-state index in [2.05, 4.69) is 9.89 Å². The number of hydrogen-bond donors (Lipinski definition) is 1. The summed E-state index contributed by atoms with van der Waals surface area (Å²) in [7, 11) is -3.82. The van der Waals surface area contributed by atoms with E-state index in [0.717, 1.165) is 11.3 Å². The summed E-state index contributed by atoms with van der Waals surface area (Å²) in [5.74, 6) is 0.143. The van der Waals surface area contributed by atoms with Gasteiger partial charge in [-0.1, -0.05) is 23.2 Å². The first kappa shape index (κ1) is 16.5. The van der Waals surface area contributed by atoms with Crippen molar-refractivity contribution < 1.29 is 27.6 Å². The van der Waals surface area contributed by atoms with Crippen LogP contribution < -0.4 is 4.74 Å². The van der Waals surface area contributed by atoms with Gasteiger partial charge in [0.25, 0.3) is 15.9 Å². The number of sulfonamides is 1. The molecular formula is C11H8Cl2N2O6S2. The Morgan fingerprint density at radius 3 is 2.83 bits per heavy atom. The summed E-state index contributed by atoms with van der Waals surface area (Å²) in [6.45, 7) is 0.0428. The van der Waals surface area contributed by atoms with Crippen LogP contribution in [0.25, 0.3) is 0 Å². The minimum atomic E-state index is -3.82. The molecule has 2 aromatic rings. The number of carbonyl (C=O) groups is 1. The van der Waals surface area contributed by atoms with E-state index in [1.54, 1.807) is 0 Å². The standard InChI is InChI=1S/C11H8Cl2N2O6S2/c12-6-3-8(22-9(6)13)23(18,19)15-2-1-7-5(4-15)10(14-21-7)20-11(16)17/h3H,1-2,4H2,(H,16,17). The third-order valence-corrected chi connectivity index (χ3v) is 7.32. The van der Waals surface area contributed by atoms with Gasteiger partial charge in [-0.15, -0.1) is 11.3 Å². The van der Waals surface area contributed by atoms with Gasteiger partial charge in [0.2, 0.25) is 0 Å². The molecule has 0 saturated heterocycles. The largest absolute Gasteiger partial charge is 0.512 e. The van der Waals surface area contributed by atoms with Gasteiger partial charge < -0.3 is 14.4 Å². The van der Waals surface area contributed by atoms with Crippen LogP contribution in [0.2, 0.25) is 9.36 Å². The van der Waals surface area contributed by atoms with Gasteiger partial charge >= 0.3 is 6.16 Å². The number of nitrogens with zero attached hydrogens (tertiary/aromatic N) is 2. The number of ether oxygens (including phenoxy) is 1. The molecule has 0 aliphatic carbocycles. The first-order valence-electron chi connectivity index (χ1n) is 6.12. The molecule has 0 fully saturated rings. The summed E-state index contributed by atoms with van der Waals surface area (Å²) in [6, 6.07) is 1.28. The molecule has 3 rings (SSSR count). The first-order chi connectivity index (χ1) is 10.8. The number of fused-ring (bicyclic) bond motifs is 1. The fraction of sp³-hybridized carbons (Fsp3) is 0.273. The maximum absolute atomic E-state index is 12.6. The molecule has 0 unspecified atom stereocenters. The van der Waals surface area contributed by atoms with E-state index in [1.165, 1.54) is 10.4 Å². The highest BCUT2D eigenvalue weighted by molar-refractivity contribution is 7.91. The number of carboxylic acid groups (broad SMARTS) is 1. The van der Waals surface area contributed by atoms with Gasteiger partial charge in [-0.2, -0.15) is 4.31 Å². The van der Waals surface area contributed by atoms with Gasteiger partial charge in [-0.05, 0) is 11.2 Å². The summed E-state index contributed by atoms with van der Waals surface area (Å²) in [4.78, 5) is 10.6. The summed E-state index contributed by atoms with van der Waals surface area (Å²) in [5.41, 5.74) is 0.288. The van der Waals surface area contributed by atoms with Crippen molar-refractivity contribution in [2.45, 2.75) is 17.2 Å². The first-order valence-corrected chi connectivity index (χ1v) is 9.13. The van der Waals surface area contributed by atoms with Crippen LogP contribution in [-0.2, 0) is 23.0 Å². The summed E-state index contributed by atoms with van der Waals surface area (Å²) < 4.78 is 36.1. The van der Waals surface area contributed by atoms with Gasteiger partial charge in [0.15, 0.2) is 0 Å². The van der Waals surface area contributed by atoms with Gasteiger partial charge in [0.1, 0.15) is 14.3 Å². The van der Waals surface area contributed by atoms with E-state index in [9.17, 15) is 13.2 Å². The zero-order chi connectivity index (χ0) is 16.8. The van der Waals surface area contributed by atoms with Crippen LogP contribution in [0.1, 0.15) is 11.3 Å². The number of hydrogen-bond acceptors (Lipinski definition) is 7. The quantitative estimate of drug-likeness (QED) is 0.791. The molecule has 1 aliphatic heterocycles. The fourth-order valence-electron chi connectivity index (χ4n) is 2.11. The summed E-state index contributed by atoms with van der Waals surface area (Å²) in [6.07, 6.45) is -1.31. The van der Waals surface area contributed by atoms with E-state index >= 15 is 0 Å². The highest BCUT2D eigenvalue weighted by atomic mass is 35.5. The van der Waals surface area contributed by atoms with E-state index < -0.39 is 16.2 Å². The van der Waals surface area contributed by atoms with Crippen molar-refractivity contribution in [3.8, 4) is 5.88 Å². The normalized spacial score (nSPS) is 15.4.